The number of rotatable bonds is 5. The smallest absolute Gasteiger partial charge is 0.326 e. The molecule has 170 valence electrons. The first-order valence-corrected chi connectivity index (χ1v) is 10.8. The Labute approximate surface area is 190 Å². The van der Waals surface area contributed by atoms with Gasteiger partial charge in [-0.3, -0.25) is 9.59 Å². The number of aromatic nitrogens is 3. The Morgan fingerprint density at radius 1 is 1.15 bits per heavy atom. The molecule has 0 saturated heterocycles. The van der Waals surface area contributed by atoms with Crippen molar-refractivity contribution in [1.82, 2.24) is 14.8 Å². The van der Waals surface area contributed by atoms with Crippen molar-refractivity contribution >= 4 is 45.6 Å². The summed E-state index contributed by atoms with van der Waals surface area (Å²) in [5.41, 5.74) is -0.381. The number of nitrogens with zero attached hydrogens (tertiary/aromatic N) is 3. The van der Waals surface area contributed by atoms with E-state index in [0.29, 0.717) is 23.3 Å². The first-order chi connectivity index (χ1) is 15.7. The van der Waals surface area contributed by atoms with E-state index in [0.717, 1.165) is 17.0 Å². The molecule has 0 unspecified atom stereocenters. The number of anilines is 2. The molecule has 0 saturated carbocycles. The van der Waals surface area contributed by atoms with Crippen LogP contribution in [0, 0.1) is 0 Å². The van der Waals surface area contributed by atoms with Crippen LogP contribution in [0.25, 0.3) is 21.6 Å². The summed E-state index contributed by atoms with van der Waals surface area (Å²) in [6.45, 7) is 3.57. The monoisotopic (exact) mass is 473 g/mol. The summed E-state index contributed by atoms with van der Waals surface area (Å²) in [6.07, 6.45) is -3.27. The second kappa shape index (κ2) is 8.66. The SMILES string of the molecule is CCn1ncc2c(C(=O)Nc3ccc(NC(C)=O)cc3C(F)(F)F)cc(-c3cccs3)nc21. The van der Waals surface area contributed by atoms with Crippen molar-refractivity contribution < 1.29 is 22.8 Å². The van der Waals surface area contributed by atoms with Gasteiger partial charge in [0, 0.05) is 19.2 Å². The highest BCUT2D eigenvalue weighted by atomic mass is 32.1. The fourth-order valence-corrected chi connectivity index (χ4v) is 4.06. The van der Waals surface area contributed by atoms with Crippen LogP contribution in [0.15, 0.2) is 48.0 Å². The van der Waals surface area contributed by atoms with Crippen molar-refractivity contribution in [3.8, 4) is 10.6 Å². The quantitative estimate of drug-likeness (QED) is 0.406. The molecule has 2 N–H and O–H groups in total. The van der Waals surface area contributed by atoms with Crippen LogP contribution in [0.4, 0.5) is 24.5 Å². The molecule has 0 atom stereocenters. The number of hydrogen-bond donors (Lipinski definition) is 2. The average Bonchev–Trinajstić information content (AvgIpc) is 3.42. The summed E-state index contributed by atoms with van der Waals surface area (Å²) >= 11 is 1.43. The average molecular weight is 473 g/mol. The second-order valence-corrected chi connectivity index (χ2v) is 8.07. The Hall–Kier alpha value is -3.73. The third-order valence-electron chi connectivity index (χ3n) is 4.82. The predicted octanol–water partition coefficient (Wildman–Crippen LogP) is 5.41. The van der Waals surface area contributed by atoms with E-state index in [1.807, 2.05) is 24.4 Å². The van der Waals surface area contributed by atoms with E-state index < -0.39 is 29.2 Å². The molecule has 3 aromatic heterocycles. The van der Waals surface area contributed by atoms with Gasteiger partial charge in [-0.2, -0.15) is 18.3 Å². The van der Waals surface area contributed by atoms with Crippen LogP contribution in [0.2, 0.25) is 0 Å². The molecule has 0 aliphatic carbocycles. The van der Waals surface area contributed by atoms with Crippen molar-refractivity contribution in [1.29, 1.82) is 0 Å². The number of amides is 2. The molecule has 4 rings (SSSR count). The van der Waals surface area contributed by atoms with Gasteiger partial charge >= 0.3 is 6.18 Å². The van der Waals surface area contributed by atoms with E-state index in [4.69, 9.17) is 0 Å². The number of aryl methyl sites for hydroxylation is 1. The molecular weight excluding hydrogens is 455 g/mol. The molecule has 0 radical (unpaired) electrons. The molecule has 1 aromatic carbocycles. The predicted molar refractivity (Wildman–Crippen MR) is 120 cm³/mol. The van der Waals surface area contributed by atoms with E-state index in [1.165, 1.54) is 30.5 Å². The Morgan fingerprint density at radius 2 is 1.94 bits per heavy atom. The minimum atomic E-state index is -4.75. The fourth-order valence-electron chi connectivity index (χ4n) is 3.38. The van der Waals surface area contributed by atoms with Gasteiger partial charge in [0.15, 0.2) is 5.65 Å². The Morgan fingerprint density at radius 3 is 2.58 bits per heavy atom. The van der Waals surface area contributed by atoms with Crippen molar-refractivity contribution in [3.05, 3.63) is 59.1 Å². The highest BCUT2D eigenvalue weighted by Gasteiger charge is 2.34. The Kier molecular flexibility index (Phi) is 5.90. The van der Waals surface area contributed by atoms with Crippen LogP contribution in [0.1, 0.15) is 29.8 Å². The third kappa shape index (κ3) is 4.58. The molecule has 4 aromatic rings. The van der Waals surface area contributed by atoms with Crippen LogP contribution >= 0.6 is 11.3 Å². The maximum absolute atomic E-state index is 13.7. The van der Waals surface area contributed by atoms with Gasteiger partial charge < -0.3 is 10.6 Å². The van der Waals surface area contributed by atoms with Gasteiger partial charge in [-0.15, -0.1) is 11.3 Å². The summed E-state index contributed by atoms with van der Waals surface area (Å²) < 4.78 is 42.7. The first-order valence-electron chi connectivity index (χ1n) is 9.88. The standard InChI is InChI=1S/C22H18F3N5O2S/c1-3-30-20-15(11-26-30)14(10-18(28-20)19-5-4-8-33-19)21(32)29-17-7-6-13(27-12(2)31)9-16(17)22(23,24)25/h4-11H,3H2,1-2H3,(H,27,31)(H,29,32). The van der Waals surface area contributed by atoms with Gasteiger partial charge in [0.2, 0.25) is 5.91 Å². The summed E-state index contributed by atoms with van der Waals surface area (Å²) in [5, 5.41) is 11.2. The summed E-state index contributed by atoms with van der Waals surface area (Å²) in [5.74, 6) is -1.23. The van der Waals surface area contributed by atoms with Crippen molar-refractivity contribution in [2.45, 2.75) is 26.6 Å². The highest BCUT2D eigenvalue weighted by Crippen LogP contribution is 2.37. The molecular formula is C22H18F3N5O2S. The molecule has 0 spiro atoms. The molecule has 33 heavy (non-hydrogen) atoms. The fraction of sp³-hybridized carbons (Fsp3) is 0.182. The normalized spacial score (nSPS) is 11.5. The summed E-state index contributed by atoms with van der Waals surface area (Å²) in [7, 11) is 0. The Bertz CT molecular complexity index is 1350. The zero-order chi connectivity index (χ0) is 23.8. The zero-order valence-corrected chi connectivity index (χ0v) is 18.3. The molecule has 11 heteroatoms. The summed E-state index contributed by atoms with van der Waals surface area (Å²) in [6, 6.07) is 8.42. The number of carbonyl (C=O) groups excluding carboxylic acids is 2. The molecule has 0 aliphatic heterocycles. The number of hydrogen-bond acceptors (Lipinski definition) is 5. The second-order valence-electron chi connectivity index (χ2n) is 7.12. The number of carbonyl (C=O) groups is 2. The zero-order valence-electron chi connectivity index (χ0n) is 17.5. The van der Waals surface area contributed by atoms with E-state index >= 15 is 0 Å². The molecule has 3 heterocycles. The lowest BCUT2D eigenvalue weighted by atomic mass is 10.1. The lowest BCUT2D eigenvalue weighted by Gasteiger charge is -2.16. The van der Waals surface area contributed by atoms with Gasteiger partial charge in [0.25, 0.3) is 5.91 Å². The minimum Gasteiger partial charge on any atom is -0.326 e. The highest BCUT2D eigenvalue weighted by molar-refractivity contribution is 7.13. The van der Waals surface area contributed by atoms with E-state index in [1.54, 1.807) is 10.7 Å². The van der Waals surface area contributed by atoms with E-state index in [9.17, 15) is 22.8 Å². The molecule has 0 aliphatic rings. The van der Waals surface area contributed by atoms with Crippen LogP contribution < -0.4 is 10.6 Å². The number of fused-ring (bicyclic) bond motifs is 1. The number of thiophene rings is 1. The van der Waals surface area contributed by atoms with Crippen molar-refractivity contribution in [3.63, 3.8) is 0 Å². The van der Waals surface area contributed by atoms with Crippen molar-refractivity contribution in [2.24, 2.45) is 0 Å². The van der Waals surface area contributed by atoms with Gasteiger partial charge in [-0.25, -0.2) is 9.67 Å². The van der Waals surface area contributed by atoms with Crippen LogP contribution in [0.5, 0.6) is 0 Å². The van der Waals surface area contributed by atoms with E-state index in [2.05, 4.69) is 20.7 Å². The van der Waals surface area contributed by atoms with Gasteiger partial charge in [-0.05, 0) is 42.6 Å². The van der Waals surface area contributed by atoms with Gasteiger partial charge in [0.05, 0.1) is 39.0 Å². The number of pyridine rings is 1. The van der Waals surface area contributed by atoms with Crippen molar-refractivity contribution in [2.75, 3.05) is 10.6 Å². The number of nitrogens with one attached hydrogen (secondary N) is 2. The molecule has 0 bridgehead atoms. The first kappa shape index (κ1) is 22.5. The van der Waals surface area contributed by atoms with Crippen LogP contribution in [-0.2, 0) is 17.5 Å². The van der Waals surface area contributed by atoms with E-state index in [-0.39, 0.29) is 11.3 Å². The molecule has 7 nitrogen and oxygen atoms in total. The topological polar surface area (TPSA) is 88.9 Å². The number of benzene rings is 1. The van der Waals surface area contributed by atoms with Crippen LogP contribution in [0.3, 0.4) is 0 Å². The lowest BCUT2D eigenvalue weighted by Crippen LogP contribution is -2.18. The lowest BCUT2D eigenvalue weighted by molar-refractivity contribution is -0.137. The largest absolute Gasteiger partial charge is 0.418 e. The number of halogens is 3. The molecule has 0 fully saturated rings. The maximum atomic E-state index is 13.7. The summed E-state index contributed by atoms with van der Waals surface area (Å²) in [4.78, 5) is 29.8. The van der Waals surface area contributed by atoms with Crippen LogP contribution in [-0.4, -0.2) is 26.6 Å². The Balaban J connectivity index is 1.78. The minimum absolute atomic E-state index is 0.0247. The van der Waals surface area contributed by atoms with Gasteiger partial charge in [0.1, 0.15) is 0 Å². The number of alkyl halides is 3. The van der Waals surface area contributed by atoms with Gasteiger partial charge in [-0.1, -0.05) is 6.07 Å². The molecule has 2 amide bonds. The third-order valence-corrected chi connectivity index (χ3v) is 5.71. The maximum Gasteiger partial charge on any atom is 0.418 e.